The quantitative estimate of drug-likeness (QED) is 0.854. The zero-order valence-corrected chi connectivity index (χ0v) is 11.1. The van der Waals surface area contributed by atoms with Crippen LogP contribution in [0.15, 0.2) is 42.5 Å². The summed E-state index contributed by atoms with van der Waals surface area (Å²) >= 11 is 0. The molecule has 0 aliphatic rings. The highest BCUT2D eigenvalue weighted by molar-refractivity contribution is 5.79. The topological polar surface area (TPSA) is 38.5 Å². The third kappa shape index (κ3) is 2.47. The van der Waals surface area contributed by atoms with Gasteiger partial charge in [-0.15, -0.1) is 0 Å². The van der Waals surface area contributed by atoms with Crippen molar-refractivity contribution < 1.29 is 9.13 Å². The molecular weight excluding hydrogens is 243 g/mol. The van der Waals surface area contributed by atoms with Gasteiger partial charge in [0.1, 0.15) is 11.6 Å². The molecule has 2 aromatic carbocycles. The molecule has 0 aliphatic heterocycles. The van der Waals surface area contributed by atoms with Crippen LogP contribution in [0.5, 0.6) is 5.75 Å². The fraction of sp³-hybridized carbons (Fsp3) is 0.200. The first-order valence-electron chi connectivity index (χ1n) is 6.13. The molecule has 0 unspecified atom stereocenters. The van der Waals surface area contributed by atoms with Gasteiger partial charge in [0.25, 0.3) is 0 Å². The Hall–Kier alpha value is -2.23. The molecule has 19 heavy (non-hydrogen) atoms. The van der Waals surface area contributed by atoms with Gasteiger partial charge in [0, 0.05) is 6.54 Å². The van der Waals surface area contributed by atoms with Gasteiger partial charge < -0.3 is 15.4 Å². The Bertz CT molecular complexity index is 572. The number of halogens is 1. The van der Waals surface area contributed by atoms with Gasteiger partial charge in [0.2, 0.25) is 0 Å². The largest absolute Gasteiger partial charge is 0.495 e. The second kappa shape index (κ2) is 5.61. The van der Waals surface area contributed by atoms with E-state index in [1.807, 2.05) is 24.0 Å². The third-order valence-corrected chi connectivity index (χ3v) is 3.01. The summed E-state index contributed by atoms with van der Waals surface area (Å²) in [5, 5.41) is 0. The highest BCUT2D eigenvalue weighted by atomic mass is 19.1. The van der Waals surface area contributed by atoms with Crippen molar-refractivity contribution in [3.8, 4) is 5.75 Å². The molecule has 0 atom stereocenters. The van der Waals surface area contributed by atoms with Gasteiger partial charge in [-0.25, -0.2) is 4.39 Å². The van der Waals surface area contributed by atoms with Gasteiger partial charge in [0.05, 0.1) is 24.2 Å². The summed E-state index contributed by atoms with van der Waals surface area (Å²) in [6.45, 7) is 2.56. The lowest BCUT2D eigenvalue weighted by Gasteiger charge is -2.25. The monoisotopic (exact) mass is 260 g/mol. The fourth-order valence-corrected chi connectivity index (χ4v) is 2.09. The molecule has 100 valence electrons. The first-order chi connectivity index (χ1) is 9.19. The number of para-hydroxylation sites is 2. The van der Waals surface area contributed by atoms with E-state index < -0.39 is 0 Å². The molecule has 0 spiro atoms. The van der Waals surface area contributed by atoms with E-state index in [0.717, 1.165) is 5.69 Å². The number of methoxy groups -OCH3 is 1. The van der Waals surface area contributed by atoms with Crippen molar-refractivity contribution in [1.82, 2.24) is 0 Å². The first-order valence-corrected chi connectivity index (χ1v) is 6.13. The number of hydrogen-bond donors (Lipinski definition) is 1. The summed E-state index contributed by atoms with van der Waals surface area (Å²) in [6, 6.07) is 12.1. The molecule has 3 nitrogen and oxygen atoms in total. The zero-order chi connectivity index (χ0) is 13.8. The molecule has 2 rings (SSSR count). The lowest BCUT2D eigenvalue weighted by molar-refractivity contribution is 0.417. The Balaban J connectivity index is 2.52. The summed E-state index contributed by atoms with van der Waals surface area (Å²) in [5.41, 5.74) is 7.83. The Labute approximate surface area is 112 Å². The molecule has 0 radical (unpaired) electrons. The second-order valence-corrected chi connectivity index (χ2v) is 4.09. The molecular formula is C15H17FN2O. The fourth-order valence-electron chi connectivity index (χ4n) is 2.09. The van der Waals surface area contributed by atoms with E-state index >= 15 is 0 Å². The molecule has 0 heterocycles. The minimum atomic E-state index is -0.272. The molecule has 4 heteroatoms. The third-order valence-electron chi connectivity index (χ3n) is 3.01. The van der Waals surface area contributed by atoms with Crippen LogP contribution in [0, 0.1) is 5.82 Å². The summed E-state index contributed by atoms with van der Waals surface area (Å²) in [4.78, 5) is 1.83. The number of anilines is 3. The van der Waals surface area contributed by atoms with Crippen molar-refractivity contribution in [3.63, 3.8) is 0 Å². The number of benzene rings is 2. The van der Waals surface area contributed by atoms with Gasteiger partial charge in [-0.3, -0.25) is 0 Å². The first kappa shape index (κ1) is 13.2. The standard InChI is InChI=1S/C15H17FN2O/c1-3-18(12-8-5-4-7-11(12)16)13-9-6-10-14(19-2)15(13)17/h4-10H,3,17H2,1-2H3. The molecule has 0 saturated carbocycles. The zero-order valence-electron chi connectivity index (χ0n) is 11.1. The summed E-state index contributed by atoms with van der Waals surface area (Å²) < 4.78 is 19.1. The van der Waals surface area contributed by atoms with Gasteiger partial charge in [-0.2, -0.15) is 0 Å². The molecule has 0 aliphatic carbocycles. The number of hydrogen-bond acceptors (Lipinski definition) is 3. The number of rotatable bonds is 4. The van der Waals surface area contributed by atoms with Gasteiger partial charge in [-0.05, 0) is 31.2 Å². The van der Waals surface area contributed by atoms with Crippen molar-refractivity contribution in [1.29, 1.82) is 0 Å². The van der Waals surface area contributed by atoms with Crippen LogP contribution in [-0.2, 0) is 0 Å². The molecule has 0 amide bonds. The molecule has 2 aromatic rings. The molecule has 2 N–H and O–H groups in total. The van der Waals surface area contributed by atoms with Crippen LogP contribution >= 0.6 is 0 Å². The molecule has 0 bridgehead atoms. The molecule has 0 saturated heterocycles. The molecule has 0 aromatic heterocycles. The van der Waals surface area contributed by atoms with E-state index in [9.17, 15) is 4.39 Å². The van der Waals surface area contributed by atoms with E-state index in [0.29, 0.717) is 23.7 Å². The number of nitrogens with two attached hydrogens (primary N) is 1. The maximum Gasteiger partial charge on any atom is 0.146 e. The van der Waals surface area contributed by atoms with E-state index in [-0.39, 0.29) is 5.82 Å². The van der Waals surface area contributed by atoms with Gasteiger partial charge in [0.15, 0.2) is 0 Å². The number of ether oxygens (including phenoxy) is 1. The van der Waals surface area contributed by atoms with Crippen molar-refractivity contribution in [2.24, 2.45) is 0 Å². The smallest absolute Gasteiger partial charge is 0.146 e. The summed E-state index contributed by atoms with van der Waals surface area (Å²) in [7, 11) is 1.56. The van der Waals surface area contributed by atoms with E-state index in [2.05, 4.69) is 0 Å². The van der Waals surface area contributed by atoms with Crippen LogP contribution in [0.2, 0.25) is 0 Å². The number of nitrogen functional groups attached to an aromatic ring is 1. The van der Waals surface area contributed by atoms with Crippen molar-refractivity contribution in [3.05, 3.63) is 48.3 Å². The van der Waals surface area contributed by atoms with Crippen molar-refractivity contribution in [2.75, 3.05) is 24.3 Å². The Kier molecular flexibility index (Phi) is 3.90. The minimum absolute atomic E-state index is 0.272. The highest BCUT2D eigenvalue weighted by Crippen LogP contribution is 2.36. The SMILES string of the molecule is CCN(c1ccccc1F)c1cccc(OC)c1N. The van der Waals surface area contributed by atoms with Crippen LogP contribution in [0.3, 0.4) is 0 Å². The normalized spacial score (nSPS) is 10.3. The maximum absolute atomic E-state index is 13.9. The highest BCUT2D eigenvalue weighted by Gasteiger charge is 2.15. The summed E-state index contributed by atoms with van der Waals surface area (Å²) in [5.74, 6) is 0.318. The van der Waals surface area contributed by atoms with Gasteiger partial charge >= 0.3 is 0 Å². The predicted octanol–water partition coefficient (Wildman–Crippen LogP) is 3.57. The van der Waals surface area contributed by atoms with Crippen molar-refractivity contribution >= 4 is 17.1 Å². The lowest BCUT2D eigenvalue weighted by Crippen LogP contribution is -2.19. The van der Waals surface area contributed by atoms with Gasteiger partial charge in [-0.1, -0.05) is 18.2 Å². The van der Waals surface area contributed by atoms with Crippen LogP contribution in [-0.4, -0.2) is 13.7 Å². The molecule has 0 fully saturated rings. The van der Waals surface area contributed by atoms with E-state index in [4.69, 9.17) is 10.5 Å². The maximum atomic E-state index is 13.9. The average molecular weight is 260 g/mol. The summed E-state index contributed by atoms with van der Waals surface area (Å²) in [6.07, 6.45) is 0. The Morgan fingerprint density at radius 2 is 1.79 bits per heavy atom. The Morgan fingerprint density at radius 1 is 1.11 bits per heavy atom. The minimum Gasteiger partial charge on any atom is -0.495 e. The average Bonchev–Trinajstić information content (AvgIpc) is 2.43. The van der Waals surface area contributed by atoms with Crippen LogP contribution < -0.4 is 15.4 Å². The van der Waals surface area contributed by atoms with Crippen LogP contribution in [0.4, 0.5) is 21.5 Å². The lowest BCUT2D eigenvalue weighted by atomic mass is 10.2. The van der Waals surface area contributed by atoms with Crippen LogP contribution in [0.1, 0.15) is 6.92 Å². The van der Waals surface area contributed by atoms with E-state index in [1.54, 1.807) is 31.4 Å². The van der Waals surface area contributed by atoms with E-state index in [1.165, 1.54) is 6.07 Å². The van der Waals surface area contributed by atoms with Crippen molar-refractivity contribution in [2.45, 2.75) is 6.92 Å². The van der Waals surface area contributed by atoms with Crippen LogP contribution in [0.25, 0.3) is 0 Å². The Morgan fingerprint density at radius 3 is 2.42 bits per heavy atom. The second-order valence-electron chi connectivity index (χ2n) is 4.09. The predicted molar refractivity (Wildman–Crippen MR) is 76.5 cm³/mol. The number of nitrogens with zero attached hydrogens (tertiary/aromatic N) is 1.